The zero-order chi connectivity index (χ0) is 22.9. The lowest BCUT2D eigenvalue weighted by atomic mass is 9.80. The fourth-order valence-corrected chi connectivity index (χ4v) is 5.25. The van der Waals surface area contributed by atoms with Gasteiger partial charge in [0.1, 0.15) is 5.82 Å². The van der Waals surface area contributed by atoms with Gasteiger partial charge in [0.15, 0.2) is 0 Å². The van der Waals surface area contributed by atoms with Crippen LogP contribution in [0.3, 0.4) is 0 Å². The fraction of sp³-hybridized carbons (Fsp3) is 0.440. The average molecular weight is 455 g/mol. The van der Waals surface area contributed by atoms with Gasteiger partial charge in [-0.1, -0.05) is 23.7 Å². The maximum absolute atomic E-state index is 13.5. The summed E-state index contributed by atoms with van der Waals surface area (Å²) in [5.74, 6) is 0.0112. The van der Waals surface area contributed by atoms with Crippen molar-refractivity contribution >= 4 is 23.3 Å². The van der Waals surface area contributed by atoms with Gasteiger partial charge in [-0.3, -0.25) is 0 Å². The molecule has 2 aliphatic carbocycles. The van der Waals surface area contributed by atoms with Crippen LogP contribution in [0.25, 0.3) is 0 Å². The number of carbonyl (C=O) groups is 1. The van der Waals surface area contributed by atoms with Crippen LogP contribution in [0.2, 0.25) is 5.02 Å². The van der Waals surface area contributed by atoms with Gasteiger partial charge >= 0.3 is 6.03 Å². The second-order valence-corrected chi connectivity index (χ2v) is 9.64. The molecule has 2 fully saturated rings. The van der Waals surface area contributed by atoms with Crippen molar-refractivity contribution in [2.45, 2.75) is 37.1 Å². The minimum Gasteiger partial charge on any atom is -0.320 e. The largest absolute Gasteiger partial charge is 0.322 e. The molecule has 3 atom stereocenters. The van der Waals surface area contributed by atoms with Crippen LogP contribution in [-0.4, -0.2) is 49.1 Å². The number of likely N-dealkylation sites (N-methyl/N-ethyl adjacent to an activating group) is 1. The van der Waals surface area contributed by atoms with E-state index < -0.39 is 5.82 Å². The first kappa shape index (κ1) is 22.6. The highest BCUT2D eigenvalue weighted by atomic mass is 35.5. The Kier molecular flexibility index (Phi) is 6.41. The molecule has 2 aromatic rings. The van der Waals surface area contributed by atoms with Gasteiger partial charge in [0.05, 0.1) is 16.7 Å². The lowest BCUT2D eigenvalue weighted by molar-refractivity contribution is 0.153. The number of nitrogens with one attached hydrogen (secondary N) is 1. The molecule has 2 aromatic carbocycles. The monoisotopic (exact) mass is 454 g/mol. The van der Waals surface area contributed by atoms with Gasteiger partial charge < -0.3 is 15.1 Å². The summed E-state index contributed by atoms with van der Waals surface area (Å²) in [7, 11) is 3.98. The first-order valence-corrected chi connectivity index (χ1v) is 11.4. The van der Waals surface area contributed by atoms with E-state index in [0.717, 1.165) is 32.2 Å². The van der Waals surface area contributed by atoms with E-state index >= 15 is 0 Å². The highest BCUT2D eigenvalue weighted by molar-refractivity contribution is 6.31. The minimum atomic E-state index is -0.507. The normalized spacial score (nSPS) is 23.9. The van der Waals surface area contributed by atoms with Crippen LogP contribution in [-0.2, 0) is 5.41 Å². The van der Waals surface area contributed by atoms with Gasteiger partial charge in [0.25, 0.3) is 0 Å². The van der Waals surface area contributed by atoms with Crippen molar-refractivity contribution in [1.82, 2.24) is 9.80 Å². The van der Waals surface area contributed by atoms with Crippen molar-refractivity contribution in [1.29, 1.82) is 5.26 Å². The van der Waals surface area contributed by atoms with Gasteiger partial charge in [0, 0.05) is 24.8 Å². The summed E-state index contributed by atoms with van der Waals surface area (Å²) < 4.78 is 13.5. The zero-order valence-corrected chi connectivity index (χ0v) is 19.2. The first-order valence-electron chi connectivity index (χ1n) is 11.0. The first-order chi connectivity index (χ1) is 15.3. The molecule has 2 amide bonds. The Bertz CT molecular complexity index is 1050. The maximum Gasteiger partial charge on any atom is 0.322 e. The highest BCUT2D eigenvalue weighted by Gasteiger charge is 2.58. The Morgan fingerprint density at radius 1 is 1.28 bits per heavy atom. The number of amides is 2. The quantitative estimate of drug-likeness (QED) is 0.647. The van der Waals surface area contributed by atoms with E-state index in [-0.39, 0.29) is 22.5 Å². The standard InChI is InChI=1S/C25H28ClFN4O/c1-30(2)10-11-31(24(32)29-20-6-7-23(27)22(26)14-20)21-8-9-25(15-19(25)13-21)18-5-3-4-17(12-18)16-28/h3-7,12,14,19,21H,8-11,13,15H2,1-2H3,(H,29,32)/t19?,21-,25+/m1/s1. The molecule has 1 unspecified atom stereocenters. The number of carbonyl (C=O) groups excluding carboxylic acids is 1. The van der Waals surface area contributed by atoms with Crippen molar-refractivity contribution < 1.29 is 9.18 Å². The molecule has 2 saturated carbocycles. The van der Waals surface area contributed by atoms with Crippen molar-refractivity contribution in [3.63, 3.8) is 0 Å². The van der Waals surface area contributed by atoms with Crippen LogP contribution >= 0.6 is 11.6 Å². The van der Waals surface area contributed by atoms with E-state index in [9.17, 15) is 14.4 Å². The number of nitrogens with zero attached hydrogens (tertiary/aromatic N) is 3. The second kappa shape index (κ2) is 9.09. The smallest absolute Gasteiger partial charge is 0.320 e. The lowest BCUT2D eigenvalue weighted by Gasteiger charge is -2.37. The van der Waals surface area contributed by atoms with E-state index in [1.54, 1.807) is 0 Å². The van der Waals surface area contributed by atoms with Crippen LogP contribution in [0, 0.1) is 23.1 Å². The van der Waals surface area contributed by atoms with Crippen LogP contribution < -0.4 is 5.32 Å². The lowest BCUT2D eigenvalue weighted by Crippen LogP contribution is -2.47. The van der Waals surface area contributed by atoms with Gasteiger partial charge in [0.2, 0.25) is 0 Å². The van der Waals surface area contributed by atoms with Crippen LogP contribution in [0.4, 0.5) is 14.9 Å². The number of halogens is 2. The third-order valence-corrected chi connectivity index (χ3v) is 7.23. The number of urea groups is 1. The Labute approximate surface area is 193 Å². The molecule has 2 aliphatic rings. The predicted molar refractivity (Wildman–Crippen MR) is 124 cm³/mol. The maximum atomic E-state index is 13.5. The second-order valence-electron chi connectivity index (χ2n) is 9.23. The fourth-order valence-electron chi connectivity index (χ4n) is 5.07. The Hall–Kier alpha value is -2.62. The Morgan fingerprint density at radius 2 is 2.09 bits per heavy atom. The zero-order valence-electron chi connectivity index (χ0n) is 18.4. The summed E-state index contributed by atoms with van der Waals surface area (Å²) in [6.45, 7) is 1.37. The summed E-state index contributed by atoms with van der Waals surface area (Å²) in [5.41, 5.74) is 2.60. The molecule has 4 rings (SSSR count). The molecule has 0 saturated heterocycles. The van der Waals surface area contributed by atoms with Gasteiger partial charge in [-0.05, 0) is 87.0 Å². The molecule has 32 heavy (non-hydrogen) atoms. The number of hydrogen-bond acceptors (Lipinski definition) is 3. The van der Waals surface area contributed by atoms with E-state index in [4.69, 9.17) is 11.6 Å². The van der Waals surface area contributed by atoms with E-state index in [1.807, 2.05) is 37.2 Å². The van der Waals surface area contributed by atoms with Crippen molar-refractivity contribution in [2.24, 2.45) is 5.92 Å². The predicted octanol–water partition coefficient (Wildman–Crippen LogP) is 5.26. The molecule has 1 N–H and O–H groups in total. The van der Waals surface area contributed by atoms with E-state index in [0.29, 0.717) is 23.7 Å². The van der Waals surface area contributed by atoms with Crippen LogP contribution in [0.15, 0.2) is 42.5 Å². The number of fused-ring (bicyclic) bond motifs is 1. The van der Waals surface area contributed by atoms with Gasteiger partial charge in [-0.25, -0.2) is 9.18 Å². The number of rotatable bonds is 6. The topological polar surface area (TPSA) is 59.4 Å². The summed E-state index contributed by atoms with van der Waals surface area (Å²) in [5, 5.41) is 12.1. The molecule has 0 spiro atoms. The molecule has 0 bridgehead atoms. The van der Waals surface area contributed by atoms with Crippen molar-refractivity contribution in [3.8, 4) is 6.07 Å². The van der Waals surface area contributed by atoms with Crippen molar-refractivity contribution in [2.75, 3.05) is 32.5 Å². The minimum absolute atomic E-state index is 0.0114. The SMILES string of the molecule is CN(C)CCN(C(=O)Nc1ccc(F)c(Cl)c1)[C@@H]1CC[C@@]2(c3cccc(C#N)c3)CC2C1. The summed E-state index contributed by atoms with van der Waals surface area (Å²) in [4.78, 5) is 17.2. The summed E-state index contributed by atoms with van der Waals surface area (Å²) in [6.07, 6.45) is 3.97. The number of benzene rings is 2. The average Bonchev–Trinajstić information content (AvgIpc) is 3.51. The molecule has 168 valence electrons. The molecule has 7 heteroatoms. The van der Waals surface area contributed by atoms with E-state index in [1.165, 1.54) is 23.8 Å². The molecular formula is C25H28ClFN4O. The Balaban J connectivity index is 1.47. The molecule has 0 heterocycles. The number of nitriles is 1. The van der Waals surface area contributed by atoms with Crippen LogP contribution in [0.1, 0.15) is 36.8 Å². The third-order valence-electron chi connectivity index (χ3n) is 6.94. The summed E-state index contributed by atoms with van der Waals surface area (Å²) in [6, 6.07) is 14.4. The molecule has 0 radical (unpaired) electrons. The molecule has 0 aromatic heterocycles. The van der Waals surface area contributed by atoms with Crippen LogP contribution in [0.5, 0.6) is 0 Å². The van der Waals surface area contributed by atoms with Gasteiger partial charge in [-0.15, -0.1) is 0 Å². The number of hydrogen-bond donors (Lipinski definition) is 1. The van der Waals surface area contributed by atoms with E-state index in [2.05, 4.69) is 22.4 Å². The molecular weight excluding hydrogens is 427 g/mol. The Morgan fingerprint density at radius 3 is 2.78 bits per heavy atom. The van der Waals surface area contributed by atoms with Crippen molar-refractivity contribution in [3.05, 3.63) is 64.4 Å². The highest BCUT2D eigenvalue weighted by Crippen LogP contribution is 2.62. The molecule has 0 aliphatic heterocycles. The van der Waals surface area contributed by atoms with Gasteiger partial charge in [-0.2, -0.15) is 5.26 Å². The third kappa shape index (κ3) is 4.60. The molecule has 5 nitrogen and oxygen atoms in total. The summed E-state index contributed by atoms with van der Waals surface area (Å²) >= 11 is 5.88. The number of anilines is 1.